The van der Waals surface area contributed by atoms with E-state index in [9.17, 15) is 18.8 Å². The second kappa shape index (κ2) is 13.1. The average Bonchev–Trinajstić information content (AvgIpc) is 3.42. The van der Waals surface area contributed by atoms with Crippen molar-refractivity contribution in [3.8, 4) is 22.6 Å². The molecule has 0 aliphatic rings. The molecule has 0 radical (unpaired) electrons. The van der Waals surface area contributed by atoms with Crippen molar-refractivity contribution >= 4 is 58.1 Å². The third kappa shape index (κ3) is 7.56. The van der Waals surface area contributed by atoms with Crippen LogP contribution in [0.15, 0.2) is 77.3 Å². The van der Waals surface area contributed by atoms with Gasteiger partial charge in [0.2, 0.25) is 0 Å². The molecule has 0 spiro atoms. The van der Waals surface area contributed by atoms with Gasteiger partial charge in [0, 0.05) is 41.4 Å². The Hall–Kier alpha value is -3.72. The number of aromatic nitrogens is 1. The summed E-state index contributed by atoms with van der Waals surface area (Å²) in [6.45, 7) is 5.26. The summed E-state index contributed by atoms with van der Waals surface area (Å²) in [5.41, 5.74) is 1.42. The fraction of sp³-hybridized carbons (Fsp3) is 0.226. The number of rotatable bonds is 9. The lowest BCUT2D eigenvalue weighted by molar-refractivity contribution is -0.117. The van der Waals surface area contributed by atoms with Crippen molar-refractivity contribution < 1.29 is 28.0 Å². The summed E-state index contributed by atoms with van der Waals surface area (Å²) in [6.07, 6.45) is -0.0610. The number of alkyl halides is 2. The number of amides is 1. The fourth-order valence-electron chi connectivity index (χ4n) is 4.12. The number of ketones is 1. The molecule has 0 unspecified atom stereocenters. The van der Waals surface area contributed by atoms with Crippen LogP contribution in [0.2, 0.25) is 5.02 Å². The van der Waals surface area contributed by atoms with Crippen LogP contribution in [-0.2, 0) is 9.53 Å². The summed E-state index contributed by atoms with van der Waals surface area (Å²) in [5.74, 6) is -1.61. The minimum atomic E-state index is -1.38. The Morgan fingerprint density at radius 3 is 2.36 bits per heavy atom. The number of hydrogen-bond acceptors (Lipinski definition) is 6. The zero-order chi connectivity index (χ0) is 30.6. The highest BCUT2D eigenvalue weighted by atomic mass is 35.5. The van der Waals surface area contributed by atoms with E-state index in [4.69, 9.17) is 44.1 Å². The summed E-state index contributed by atoms with van der Waals surface area (Å²) in [5, 5.41) is 4.42. The summed E-state index contributed by atoms with van der Waals surface area (Å²) in [6, 6.07) is 18.4. The van der Waals surface area contributed by atoms with Gasteiger partial charge in [-0.2, -0.15) is 0 Å². The van der Waals surface area contributed by atoms with E-state index in [1.165, 1.54) is 29.2 Å². The maximum Gasteiger partial charge on any atom is 0.339 e. The zero-order valence-electron chi connectivity index (χ0n) is 22.9. The van der Waals surface area contributed by atoms with Gasteiger partial charge in [0.15, 0.2) is 16.4 Å². The van der Waals surface area contributed by atoms with Crippen LogP contribution in [0.25, 0.3) is 22.6 Å². The molecule has 1 amide bonds. The number of carbonyl (C=O) groups is 3. The Morgan fingerprint density at radius 2 is 1.69 bits per heavy atom. The summed E-state index contributed by atoms with van der Waals surface area (Å²) in [7, 11) is 0. The van der Waals surface area contributed by atoms with Crippen LogP contribution in [0.5, 0.6) is 0 Å². The molecule has 4 aromatic rings. The first-order valence-electron chi connectivity index (χ1n) is 12.8. The van der Waals surface area contributed by atoms with Crippen molar-refractivity contribution in [3.63, 3.8) is 0 Å². The predicted octanol–water partition coefficient (Wildman–Crippen LogP) is 8.17. The van der Waals surface area contributed by atoms with Crippen LogP contribution in [0.4, 0.5) is 10.1 Å². The molecule has 3 aromatic carbocycles. The summed E-state index contributed by atoms with van der Waals surface area (Å²) in [4.78, 5) is 38.4. The number of anilines is 1. The summed E-state index contributed by atoms with van der Waals surface area (Å²) < 4.78 is 24.4. The van der Waals surface area contributed by atoms with E-state index in [0.717, 1.165) is 0 Å². The molecule has 0 saturated heterocycles. The Kier molecular flexibility index (Phi) is 9.71. The lowest BCUT2D eigenvalue weighted by Gasteiger charge is -2.23. The number of halogens is 4. The van der Waals surface area contributed by atoms with Gasteiger partial charge in [-0.05, 0) is 69.3 Å². The number of ether oxygens (including phenoxy) is 1. The lowest BCUT2D eigenvalue weighted by atomic mass is 10.0. The number of hydrogen-bond donors (Lipinski definition) is 0. The van der Waals surface area contributed by atoms with Gasteiger partial charge in [-0.3, -0.25) is 9.59 Å². The van der Waals surface area contributed by atoms with Crippen molar-refractivity contribution in [2.75, 3.05) is 11.4 Å². The maximum atomic E-state index is 13.3. The number of esters is 1. The monoisotopic (exact) mass is 630 g/mol. The van der Waals surface area contributed by atoms with Gasteiger partial charge in [0.25, 0.3) is 5.91 Å². The van der Waals surface area contributed by atoms with Crippen molar-refractivity contribution in [2.45, 2.75) is 37.6 Å². The van der Waals surface area contributed by atoms with E-state index in [1.54, 1.807) is 69.3 Å². The Balaban J connectivity index is 1.63. The molecule has 0 bridgehead atoms. The van der Waals surface area contributed by atoms with Crippen molar-refractivity contribution in [2.24, 2.45) is 0 Å². The summed E-state index contributed by atoms with van der Waals surface area (Å²) >= 11 is 18.3. The minimum Gasteiger partial charge on any atom is -0.456 e. The lowest BCUT2D eigenvalue weighted by Crippen LogP contribution is -2.36. The van der Waals surface area contributed by atoms with E-state index >= 15 is 0 Å². The van der Waals surface area contributed by atoms with Gasteiger partial charge in [-0.25, -0.2) is 9.18 Å². The molecule has 1 aromatic heterocycles. The molecule has 0 aliphatic heterocycles. The second-order valence-corrected chi connectivity index (χ2v) is 11.8. The molecule has 7 nitrogen and oxygen atoms in total. The van der Waals surface area contributed by atoms with Crippen LogP contribution >= 0.6 is 34.8 Å². The molecule has 0 saturated carbocycles. The van der Waals surface area contributed by atoms with Crippen LogP contribution in [0.1, 0.15) is 47.9 Å². The predicted molar refractivity (Wildman–Crippen MR) is 161 cm³/mol. The molecular formula is C31H26Cl3FN2O5. The van der Waals surface area contributed by atoms with Crippen LogP contribution in [-0.4, -0.2) is 39.8 Å². The molecule has 42 heavy (non-hydrogen) atoms. The first kappa shape index (κ1) is 31.2. The van der Waals surface area contributed by atoms with Crippen LogP contribution in [0, 0.1) is 5.82 Å². The molecule has 218 valence electrons. The van der Waals surface area contributed by atoms with Crippen molar-refractivity contribution in [1.29, 1.82) is 0 Å². The fourth-order valence-corrected chi connectivity index (χ4v) is 4.63. The highest BCUT2D eigenvalue weighted by Crippen LogP contribution is 2.35. The van der Waals surface area contributed by atoms with Crippen molar-refractivity contribution in [1.82, 2.24) is 5.16 Å². The Bertz CT molecular complexity index is 1610. The van der Waals surface area contributed by atoms with Gasteiger partial charge < -0.3 is 14.2 Å². The Morgan fingerprint density at radius 1 is 1.00 bits per heavy atom. The number of Topliss-reactive ketones (excluding diaryl/α,β-unsaturated/α-hetero) is 1. The molecule has 4 rings (SSSR count). The molecular weight excluding hydrogens is 606 g/mol. The highest BCUT2D eigenvalue weighted by Gasteiger charge is 2.26. The largest absolute Gasteiger partial charge is 0.456 e. The van der Waals surface area contributed by atoms with Crippen LogP contribution < -0.4 is 4.90 Å². The average molecular weight is 632 g/mol. The van der Waals surface area contributed by atoms with E-state index in [0.29, 0.717) is 33.8 Å². The quantitative estimate of drug-likeness (QED) is 0.105. The van der Waals surface area contributed by atoms with Gasteiger partial charge in [0.1, 0.15) is 17.1 Å². The number of nitrogens with zero attached hydrogens (tertiary/aromatic N) is 2. The van der Waals surface area contributed by atoms with Crippen LogP contribution in [0.3, 0.4) is 0 Å². The Labute approximate surface area is 257 Å². The van der Waals surface area contributed by atoms with Gasteiger partial charge in [-0.15, -0.1) is 0 Å². The molecule has 0 aliphatic carbocycles. The van der Waals surface area contributed by atoms with E-state index in [-0.39, 0.29) is 29.3 Å². The van der Waals surface area contributed by atoms with Crippen molar-refractivity contribution in [3.05, 3.63) is 94.8 Å². The van der Waals surface area contributed by atoms with Gasteiger partial charge >= 0.3 is 5.97 Å². The highest BCUT2D eigenvalue weighted by molar-refractivity contribution is 6.54. The number of benzene rings is 3. The molecule has 11 heteroatoms. The van der Waals surface area contributed by atoms with Gasteiger partial charge in [-0.1, -0.05) is 58.2 Å². The van der Waals surface area contributed by atoms with Gasteiger partial charge in [0.05, 0.1) is 10.6 Å². The van der Waals surface area contributed by atoms with E-state index < -0.39 is 28.1 Å². The smallest absolute Gasteiger partial charge is 0.339 e. The SMILES string of the molecule is CC(C)(C)OC(=O)c1cccc(Cl)c1-c1cc(-c2cccc(N(CCC(=O)c3ccc(F)cc3)C(=O)C(Cl)Cl)c2)on1. The second-order valence-electron chi connectivity index (χ2n) is 10.3. The maximum absolute atomic E-state index is 13.3. The molecule has 0 atom stereocenters. The number of carbonyl (C=O) groups excluding carboxylic acids is 3. The third-order valence-electron chi connectivity index (χ3n) is 6.02. The zero-order valence-corrected chi connectivity index (χ0v) is 25.1. The topological polar surface area (TPSA) is 89.7 Å². The normalized spacial score (nSPS) is 11.4. The molecule has 0 fully saturated rings. The first-order chi connectivity index (χ1) is 19.8. The minimum absolute atomic E-state index is 0.0328. The molecule has 0 N–H and O–H groups in total. The standard InChI is InChI=1S/C31H26Cl3FN2O5/c1-31(2,3)41-30(40)22-8-5-9-23(32)27(22)24-17-26(42-36-24)19-6-4-7-21(16-19)37(29(39)28(33)34)15-14-25(38)18-10-12-20(35)13-11-18/h4-13,16-17,28H,14-15H2,1-3H3. The first-order valence-corrected chi connectivity index (χ1v) is 14.1. The molecule has 1 heterocycles. The van der Waals surface area contributed by atoms with E-state index in [1.807, 2.05) is 0 Å². The van der Waals surface area contributed by atoms with E-state index in [2.05, 4.69) is 5.16 Å². The third-order valence-corrected chi connectivity index (χ3v) is 6.71.